The van der Waals surface area contributed by atoms with Crippen molar-refractivity contribution in [3.05, 3.63) is 38.2 Å². The molecular weight excluding hydrogens is 452 g/mol. The summed E-state index contributed by atoms with van der Waals surface area (Å²) in [4.78, 5) is 31.2. The molecule has 0 amide bonds. The lowest BCUT2D eigenvalue weighted by molar-refractivity contribution is -0.976. The number of alkyl halides is 3. The van der Waals surface area contributed by atoms with Gasteiger partial charge in [-0.1, -0.05) is 28.8 Å². The zero-order valence-electron chi connectivity index (χ0n) is 14.0. The molecule has 1 heterocycles. The Morgan fingerprint density at radius 3 is 2.62 bits per heavy atom. The molecule has 0 spiro atoms. The normalized spacial score (nSPS) is 16.9. The van der Waals surface area contributed by atoms with Gasteiger partial charge in [0.05, 0.1) is 10.6 Å². The zero-order valence-corrected chi connectivity index (χ0v) is 15.5. The number of hydrogen-bond donors (Lipinski definition) is 3. The third-order valence-corrected chi connectivity index (χ3v) is 3.88. The van der Waals surface area contributed by atoms with Gasteiger partial charge in [0.15, 0.2) is 6.10 Å². The van der Waals surface area contributed by atoms with Crippen molar-refractivity contribution in [3.8, 4) is 5.75 Å². The molecule has 0 saturated heterocycles. The third kappa shape index (κ3) is 6.08. The summed E-state index contributed by atoms with van der Waals surface area (Å²) in [5.74, 6) is -1.83. The smallest absolute Gasteiger partial charge is 0.474 e. The van der Waals surface area contributed by atoms with Gasteiger partial charge >= 0.3 is 17.2 Å². The Morgan fingerprint density at radius 2 is 2.03 bits per heavy atom. The lowest BCUT2D eigenvalue weighted by Gasteiger charge is -2.29. The fraction of sp³-hybridized carbons (Fsp3) is 0.357. The number of benzene rings is 1. The van der Waals surface area contributed by atoms with E-state index in [2.05, 4.69) is 9.68 Å². The van der Waals surface area contributed by atoms with Crippen LogP contribution in [0.5, 0.6) is 5.75 Å². The predicted octanol–water partition coefficient (Wildman–Crippen LogP) is 2.62. The summed E-state index contributed by atoms with van der Waals surface area (Å²) >= 11 is 11.7. The van der Waals surface area contributed by atoms with Gasteiger partial charge in [0.25, 0.3) is 0 Å². The van der Waals surface area contributed by atoms with Gasteiger partial charge in [-0.15, -0.1) is 0 Å². The fourth-order valence-electron chi connectivity index (χ4n) is 2.26. The molecule has 29 heavy (non-hydrogen) atoms. The molecule has 1 aliphatic rings. The second-order valence-corrected chi connectivity index (χ2v) is 6.25. The van der Waals surface area contributed by atoms with Gasteiger partial charge in [-0.3, -0.25) is 10.0 Å². The quantitative estimate of drug-likeness (QED) is 0.393. The van der Waals surface area contributed by atoms with E-state index in [1.54, 1.807) is 0 Å². The van der Waals surface area contributed by atoms with E-state index in [-0.39, 0.29) is 21.4 Å². The molecular formula is C14H12Cl2F3N2O8+. The average molecular weight is 464 g/mol. The first-order valence-electron chi connectivity index (χ1n) is 7.47. The molecule has 0 fully saturated rings. The van der Waals surface area contributed by atoms with Crippen molar-refractivity contribution in [2.24, 2.45) is 0 Å². The van der Waals surface area contributed by atoms with Crippen molar-refractivity contribution < 1.29 is 52.6 Å². The second kappa shape index (κ2) is 9.45. The van der Waals surface area contributed by atoms with Crippen LogP contribution in [0.2, 0.25) is 10.0 Å². The Morgan fingerprint density at radius 1 is 1.34 bits per heavy atom. The molecule has 0 bridgehead atoms. The number of rotatable bonds is 8. The van der Waals surface area contributed by atoms with Gasteiger partial charge in [-0.05, 0) is 18.2 Å². The largest absolute Gasteiger partial charge is 0.475 e. The fourth-order valence-corrected chi connectivity index (χ4v) is 2.81. The summed E-state index contributed by atoms with van der Waals surface area (Å²) in [6.45, 7) is -1.47. The molecule has 2 rings (SSSR count). The molecule has 1 aromatic rings. The van der Waals surface area contributed by atoms with E-state index in [1.807, 2.05) is 0 Å². The number of carbonyl (C=O) groups is 1. The highest BCUT2D eigenvalue weighted by molar-refractivity contribution is 6.36. The van der Waals surface area contributed by atoms with Gasteiger partial charge in [-0.25, -0.2) is 10.0 Å². The Balaban J connectivity index is 2.34. The van der Waals surface area contributed by atoms with Crippen LogP contribution in [0.25, 0.3) is 6.08 Å². The van der Waals surface area contributed by atoms with Crippen LogP contribution in [-0.2, 0) is 19.2 Å². The van der Waals surface area contributed by atoms with Crippen LogP contribution in [0.1, 0.15) is 5.56 Å². The molecule has 0 aromatic heterocycles. The summed E-state index contributed by atoms with van der Waals surface area (Å²) in [6.07, 6.45) is -8.40. The molecule has 0 aliphatic carbocycles. The van der Waals surface area contributed by atoms with Gasteiger partial charge in [0, 0.05) is 10.6 Å². The highest BCUT2D eigenvalue weighted by Gasteiger charge is 2.49. The molecule has 1 aliphatic heterocycles. The summed E-state index contributed by atoms with van der Waals surface area (Å²) in [5.41, 5.74) is 0.294. The highest BCUT2D eigenvalue weighted by Crippen LogP contribution is 2.42. The number of nitrogens with zero attached hydrogens (tertiary/aromatic N) is 1. The topological polar surface area (TPSA) is 127 Å². The number of halogens is 5. The highest BCUT2D eigenvalue weighted by atomic mass is 35.5. The maximum atomic E-state index is 13.4. The molecule has 10 nitrogen and oxygen atoms in total. The predicted molar refractivity (Wildman–Crippen MR) is 87.0 cm³/mol. The van der Waals surface area contributed by atoms with Crippen molar-refractivity contribution in [2.45, 2.75) is 18.4 Å². The number of ether oxygens (including phenoxy) is 2. The van der Waals surface area contributed by atoms with Crippen molar-refractivity contribution in [1.29, 1.82) is 0 Å². The monoisotopic (exact) mass is 463 g/mol. The van der Waals surface area contributed by atoms with Crippen LogP contribution in [0.4, 0.5) is 13.2 Å². The van der Waals surface area contributed by atoms with Gasteiger partial charge in [0.1, 0.15) is 17.3 Å². The Bertz CT molecular complexity index is 821. The zero-order chi connectivity index (χ0) is 21.8. The maximum Gasteiger partial charge on any atom is 0.475 e. The third-order valence-electron chi connectivity index (χ3n) is 3.38. The van der Waals surface area contributed by atoms with Gasteiger partial charge in [-0.2, -0.15) is 18.0 Å². The Kier molecular flexibility index (Phi) is 7.48. The molecule has 0 radical (unpaired) electrons. The first-order chi connectivity index (χ1) is 13.5. The SMILES string of the molecule is O=C(OC(CONO)CO[N+](=O)O)C1=Cc2cc(Cl)cc(Cl)c2OC1C(F)(F)F. The second-order valence-electron chi connectivity index (χ2n) is 5.41. The first kappa shape index (κ1) is 23.0. The minimum Gasteiger partial charge on any atom is -0.474 e. The minimum atomic E-state index is -5.02. The molecule has 2 unspecified atom stereocenters. The summed E-state index contributed by atoms with van der Waals surface area (Å²) < 4.78 is 50.0. The van der Waals surface area contributed by atoms with Crippen molar-refractivity contribution >= 4 is 35.2 Å². The molecule has 3 N–H and O–H groups in total. The van der Waals surface area contributed by atoms with Crippen LogP contribution in [0.3, 0.4) is 0 Å². The van der Waals surface area contributed by atoms with E-state index >= 15 is 0 Å². The number of hydrogen-bond acceptors (Lipinski definition) is 8. The molecule has 1 aromatic carbocycles. The van der Waals surface area contributed by atoms with Crippen LogP contribution in [0, 0.1) is 4.91 Å². The van der Waals surface area contributed by atoms with E-state index in [1.165, 1.54) is 17.8 Å². The minimum absolute atomic E-state index is 0.00267. The van der Waals surface area contributed by atoms with Crippen molar-refractivity contribution in [3.63, 3.8) is 0 Å². The molecule has 0 saturated carbocycles. The van der Waals surface area contributed by atoms with E-state index < -0.39 is 48.2 Å². The van der Waals surface area contributed by atoms with Crippen LogP contribution in [-0.4, -0.2) is 53.1 Å². The van der Waals surface area contributed by atoms with E-state index in [0.717, 1.165) is 6.08 Å². The Hall–Kier alpha value is -2.32. The Labute approximate surface area is 169 Å². The van der Waals surface area contributed by atoms with Gasteiger partial charge < -0.3 is 9.47 Å². The van der Waals surface area contributed by atoms with E-state index in [9.17, 15) is 22.9 Å². The van der Waals surface area contributed by atoms with Crippen LogP contribution >= 0.6 is 23.2 Å². The first-order valence-corrected chi connectivity index (χ1v) is 8.23. The van der Waals surface area contributed by atoms with E-state index in [0.29, 0.717) is 0 Å². The van der Waals surface area contributed by atoms with Crippen LogP contribution in [0.15, 0.2) is 17.7 Å². The molecule has 2 atom stereocenters. The number of carbonyl (C=O) groups excluding carboxylic acids is 1. The van der Waals surface area contributed by atoms with Crippen molar-refractivity contribution in [1.82, 2.24) is 5.64 Å². The lowest BCUT2D eigenvalue weighted by Crippen LogP contribution is -2.42. The van der Waals surface area contributed by atoms with E-state index in [4.69, 9.17) is 43.1 Å². The van der Waals surface area contributed by atoms with Crippen molar-refractivity contribution in [2.75, 3.05) is 13.2 Å². The lowest BCUT2D eigenvalue weighted by atomic mass is 10.0. The number of nitrogens with one attached hydrogen (secondary N) is 1. The van der Waals surface area contributed by atoms with Gasteiger partial charge in [0.2, 0.25) is 12.7 Å². The maximum absolute atomic E-state index is 13.4. The average Bonchev–Trinajstić information content (AvgIpc) is 2.61. The molecule has 15 heteroatoms. The summed E-state index contributed by atoms with van der Waals surface area (Å²) in [5, 5.41) is 15.8. The number of fused-ring (bicyclic) bond motifs is 1. The molecule has 160 valence electrons. The summed E-state index contributed by atoms with van der Waals surface area (Å²) in [7, 11) is 0. The standard InChI is InChI=1S/C14H12Cl2F3N2O8/c15-7-1-6-2-9(12(14(17,18)19)29-11(6)10(16)3-7)13(22)28-8(4-26-20-23)5-27-21(24)25/h1-3,8,12,20,23H,4-5H2,(H,24,25)/q+1. The number of esters is 1. The summed E-state index contributed by atoms with van der Waals surface area (Å²) in [6, 6.07) is 2.39. The van der Waals surface area contributed by atoms with Crippen LogP contribution < -0.4 is 10.4 Å².